The van der Waals surface area contributed by atoms with Gasteiger partial charge in [0, 0.05) is 11.8 Å². The molecule has 5 heteroatoms. The Balaban J connectivity index is 2.60. The fourth-order valence-electron chi connectivity index (χ4n) is 1.21. The van der Waals surface area contributed by atoms with E-state index in [1.54, 1.807) is 12.1 Å². The van der Waals surface area contributed by atoms with Crippen LogP contribution in [0, 0.1) is 0 Å². The number of ether oxygens (including phenoxy) is 1. The number of oxime groups is 1. The van der Waals surface area contributed by atoms with Gasteiger partial charge in [-0.15, -0.1) is 0 Å². The minimum atomic E-state index is -0.486. The van der Waals surface area contributed by atoms with E-state index in [-0.39, 0.29) is 12.4 Å². The number of hydrogen-bond donors (Lipinski definition) is 1. The van der Waals surface area contributed by atoms with Gasteiger partial charge in [0.25, 0.3) is 0 Å². The van der Waals surface area contributed by atoms with Crippen molar-refractivity contribution in [3.63, 3.8) is 0 Å². The van der Waals surface area contributed by atoms with Crippen LogP contribution in [0.15, 0.2) is 23.5 Å². The van der Waals surface area contributed by atoms with Gasteiger partial charge in [0.15, 0.2) is 0 Å². The van der Waals surface area contributed by atoms with Crippen molar-refractivity contribution in [2.24, 2.45) is 5.16 Å². The summed E-state index contributed by atoms with van der Waals surface area (Å²) in [6.07, 6.45) is 2.93. The first kappa shape index (κ1) is 13.2. The van der Waals surface area contributed by atoms with E-state index >= 15 is 0 Å². The highest BCUT2D eigenvalue weighted by Crippen LogP contribution is 2.09. The molecule has 0 bridgehead atoms. The van der Waals surface area contributed by atoms with Crippen molar-refractivity contribution in [3.05, 3.63) is 29.6 Å². The first-order chi connectivity index (χ1) is 7.90. The van der Waals surface area contributed by atoms with Crippen LogP contribution in [0.25, 0.3) is 0 Å². The van der Waals surface area contributed by atoms with E-state index in [1.807, 2.05) is 20.8 Å². The smallest absolute Gasteiger partial charge is 0.312 e. The number of hydrogen-bond acceptors (Lipinski definition) is 5. The van der Waals surface area contributed by atoms with Gasteiger partial charge in [-0.1, -0.05) is 5.16 Å². The monoisotopic (exact) mass is 236 g/mol. The lowest BCUT2D eigenvalue weighted by Crippen LogP contribution is -2.25. The third-order valence-electron chi connectivity index (χ3n) is 1.80. The molecule has 0 fully saturated rings. The maximum absolute atomic E-state index is 11.5. The molecule has 0 saturated carbocycles. The van der Waals surface area contributed by atoms with E-state index in [0.29, 0.717) is 11.3 Å². The van der Waals surface area contributed by atoms with Crippen LogP contribution in [-0.4, -0.2) is 28.0 Å². The molecular formula is C12H16N2O3. The van der Waals surface area contributed by atoms with Crippen LogP contribution in [-0.2, 0) is 16.0 Å². The number of esters is 1. The molecule has 1 aromatic rings. The number of carbonyl (C=O) groups is 1. The largest absolute Gasteiger partial charge is 0.460 e. The van der Waals surface area contributed by atoms with Gasteiger partial charge in [-0.2, -0.15) is 0 Å². The van der Waals surface area contributed by atoms with Crippen LogP contribution >= 0.6 is 0 Å². The van der Waals surface area contributed by atoms with E-state index in [9.17, 15) is 4.79 Å². The molecule has 5 nitrogen and oxygen atoms in total. The summed E-state index contributed by atoms with van der Waals surface area (Å²) in [6.45, 7) is 5.46. The van der Waals surface area contributed by atoms with Gasteiger partial charge in [-0.05, 0) is 32.9 Å². The van der Waals surface area contributed by atoms with E-state index < -0.39 is 5.60 Å². The zero-order valence-electron chi connectivity index (χ0n) is 10.2. The first-order valence-corrected chi connectivity index (χ1v) is 5.25. The molecule has 0 aliphatic carbocycles. The highest BCUT2D eigenvalue weighted by atomic mass is 16.6. The Morgan fingerprint density at radius 3 is 2.71 bits per heavy atom. The lowest BCUT2D eigenvalue weighted by Gasteiger charge is -2.19. The Morgan fingerprint density at radius 2 is 2.24 bits per heavy atom. The van der Waals surface area contributed by atoms with Crippen molar-refractivity contribution in [2.75, 3.05) is 0 Å². The van der Waals surface area contributed by atoms with Gasteiger partial charge in [0.05, 0.1) is 18.3 Å². The van der Waals surface area contributed by atoms with Crippen molar-refractivity contribution in [1.29, 1.82) is 0 Å². The first-order valence-electron chi connectivity index (χ1n) is 5.25. The average molecular weight is 236 g/mol. The van der Waals surface area contributed by atoms with Crippen molar-refractivity contribution in [3.8, 4) is 0 Å². The molecule has 1 N–H and O–H groups in total. The quantitative estimate of drug-likeness (QED) is 0.376. The molecule has 0 aliphatic rings. The normalized spacial score (nSPS) is 11.7. The summed E-state index contributed by atoms with van der Waals surface area (Å²) in [5.74, 6) is -0.312. The summed E-state index contributed by atoms with van der Waals surface area (Å²) >= 11 is 0. The van der Waals surface area contributed by atoms with Crippen LogP contribution in [0.4, 0.5) is 0 Å². The number of rotatable bonds is 3. The molecule has 0 spiro atoms. The fourth-order valence-corrected chi connectivity index (χ4v) is 1.21. The van der Waals surface area contributed by atoms with Crippen LogP contribution in [0.1, 0.15) is 32.0 Å². The Hall–Kier alpha value is -1.91. The van der Waals surface area contributed by atoms with Crippen LogP contribution in [0.2, 0.25) is 0 Å². The number of carbonyl (C=O) groups excluding carboxylic acids is 1. The molecule has 92 valence electrons. The molecule has 0 amide bonds. The summed E-state index contributed by atoms with van der Waals surface area (Å²) in [5, 5.41) is 11.2. The Bertz CT molecular complexity index is 405. The second-order valence-electron chi connectivity index (χ2n) is 4.59. The number of aromatic nitrogens is 1. The Morgan fingerprint density at radius 1 is 1.53 bits per heavy atom. The molecule has 1 heterocycles. The highest BCUT2D eigenvalue weighted by molar-refractivity contribution is 5.78. The minimum Gasteiger partial charge on any atom is -0.460 e. The van der Waals surface area contributed by atoms with Crippen LogP contribution < -0.4 is 0 Å². The second-order valence-corrected chi connectivity index (χ2v) is 4.59. The molecule has 1 aromatic heterocycles. The maximum Gasteiger partial charge on any atom is 0.312 e. The topological polar surface area (TPSA) is 71.8 Å². The van der Waals surface area contributed by atoms with Crippen molar-refractivity contribution in [1.82, 2.24) is 4.98 Å². The van der Waals surface area contributed by atoms with Crippen molar-refractivity contribution >= 4 is 12.2 Å². The van der Waals surface area contributed by atoms with E-state index in [4.69, 9.17) is 9.94 Å². The number of pyridine rings is 1. The van der Waals surface area contributed by atoms with Gasteiger partial charge >= 0.3 is 5.97 Å². The molecule has 1 rings (SSSR count). The van der Waals surface area contributed by atoms with Gasteiger partial charge in [0.1, 0.15) is 5.60 Å². The Kier molecular flexibility index (Phi) is 4.20. The van der Waals surface area contributed by atoms with Gasteiger partial charge in [-0.25, -0.2) is 0 Å². The number of nitrogens with zero attached hydrogens (tertiary/aromatic N) is 2. The average Bonchev–Trinajstić information content (AvgIpc) is 2.18. The predicted molar refractivity (Wildman–Crippen MR) is 63.2 cm³/mol. The molecule has 0 aliphatic heterocycles. The van der Waals surface area contributed by atoms with Crippen molar-refractivity contribution in [2.45, 2.75) is 32.8 Å². The van der Waals surface area contributed by atoms with E-state index in [1.165, 1.54) is 12.4 Å². The summed E-state index contributed by atoms with van der Waals surface area (Å²) in [6, 6.07) is 3.41. The standard InChI is InChI=1S/C12H16N2O3/c1-12(2,3)17-11(15)6-10-5-4-9(7-13-10)8-14-16/h4-5,7-8,16H,6H2,1-3H3/b14-8+. The summed E-state index contributed by atoms with van der Waals surface area (Å²) in [7, 11) is 0. The molecule has 0 saturated heterocycles. The lowest BCUT2D eigenvalue weighted by atomic mass is 10.2. The zero-order valence-corrected chi connectivity index (χ0v) is 10.2. The predicted octanol–water partition coefficient (Wildman–Crippen LogP) is 1.77. The SMILES string of the molecule is CC(C)(C)OC(=O)Cc1ccc(/C=N/O)cn1. The molecule has 0 aromatic carbocycles. The maximum atomic E-state index is 11.5. The third kappa shape index (κ3) is 5.10. The van der Waals surface area contributed by atoms with Gasteiger partial charge in [-0.3, -0.25) is 9.78 Å². The van der Waals surface area contributed by atoms with Crippen molar-refractivity contribution < 1.29 is 14.7 Å². The third-order valence-corrected chi connectivity index (χ3v) is 1.80. The highest BCUT2D eigenvalue weighted by Gasteiger charge is 2.16. The summed E-state index contributed by atoms with van der Waals surface area (Å²) in [4.78, 5) is 15.6. The van der Waals surface area contributed by atoms with E-state index in [0.717, 1.165) is 0 Å². The molecule has 0 unspecified atom stereocenters. The Labute approximate surface area is 100 Å². The zero-order chi connectivity index (χ0) is 12.9. The summed E-state index contributed by atoms with van der Waals surface area (Å²) < 4.78 is 5.17. The fraction of sp³-hybridized carbons (Fsp3) is 0.417. The summed E-state index contributed by atoms with van der Waals surface area (Å²) in [5.41, 5.74) is 0.801. The minimum absolute atomic E-state index is 0.133. The molecule has 17 heavy (non-hydrogen) atoms. The molecular weight excluding hydrogens is 220 g/mol. The van der Waals surface area contributed by atoms with Gasteiger partial charge in [0.2, 0.25) is 0 Å². The van der Waals surface area contributed by atoms with Crippen LogP contribution in [0.5, 0.6) is 0 Å². The lowest BCUT2D eigenvalue weighted by molar-refractivity contribution is -0.153. The molecule has 0 radical (unpaired) electrons. The molecule has 0 atom stereocenters. The second kappa shape index (κ2) is 5.43. The van der Waals surface area contributed by atoms with Crippen LogP contribution in [0.3, 0.4) is 0 Å². The van der Waals surface area contributed by atoms with E-state index in [2.05, 4.69) is 10.1 Å². The van der Waals surface area contributed by atoms with Gasteiger partial charge < -0.3 is 9.94 Å².